The number of alkyl halides is 3. The van der Waals surface area contributed by atoms with Gasteiger partial charge in [-0.3, -0.25) is 4.79 Å². The van der Waals surface area contributed by atoms with E-state index in [0.29, 0.717) is 11.4 Å². The minimum absolute atomic E-state index is 0.0496. The van der Waals surface area contributed by atoms with E-state index in [-0.39, 0.29) is 22.4 Å². The number of nitrogens with one attached hydrogen (secondary N) is 1. The Balaban J connectivity index is 1.76. The lowest BCUT2D eigenvalue weighted by Crippen LogP contribution is -2.18. The second-order valence-electron chi connectivity index (χ2n) is 5.49. The fraction of sp³-hybridized carbons (Fsp3) is 0.118. The number of pyridine rings is 1. The molecule has 1 N–H and O–H groups in total. The van der Waals surface area contributed by atoms with Crippen LogP contribution in [0.25, 0.3) is 0 Å². The average molecular weight is 415 g/mol. The number of carbonyl (C=O) groups is 1. The minimum Gasteiger partial charge on any atom is -0.305 e. The van der Waals surface area contributed by atoms with Crippen LogP contribution in [0.5, 0.6) is 0 Å². The summed E-state index contributed by atoms with van der Waals surface area (Å²) < 4.78 is 39.3. The molecule has 1 amide bonds. The summed E-state index contributed by atoms with van der Waals surface area (Å²) in [5, 5.41) is 6.92. The van der Waals surface area contributed by atoms with Crippen LogP contribution in [0.1, 0.15) is 21.6 Å². The second kappa shape index (κ2) is 7.58. The van der Waals surface area contributed by atoms with Gasteiger partial charge in [0.25, 0.3) is 5.91 Å². The van der Waals surface area contributed by atoms with Crippen LogP contribution in [0.4, 0.5) is 19.0 Å². The Kier molecular flexibility index (Phi) is 5.38. The summed E-state index contributed by atoms with van der Waals surface area (Å²) in [5.74, 6) is -0.255. The number of aromatic nitrogens is 3. The standard InChI is InChI=1S/C17H11Cl2F3N4O/c18-12-5-6-13(19)24-15(12)16(27)25-14-7-8-23-26(14)9-10-1-3-11(4-2-10)17(20,21)22/h1-8H,9H2,(H,25,27). The number of hydrogen-bond donors (Lipinski definition) is 1. The van der Waals surface area contributed by atoms with Gasteiger partial charge in [-0.1, -0.05) is 35.3 Å². The molecule has 3 rings (SSSR count). The number of amides is 1. The molecule has 0 radical (unpaired) electrons. The Morgan fingerprint density at radius 1 is 1.07 bits per heavy atom. The predicted octanol–water partition coefficient (Wildman–Crippen LogP) is 4.90. The zero-order chi connectivity index (χ0) is 19.6. The molecule has 27 heavy (non-hydrogen) atoms. The minimum atomic E-state index is -4.40. The van der Waals surface area contributed by atoms with Gasteiger partial charge in [0.2, 0.25) is 0 Å². The maximum Gasteiger partial charge on any atom is 0.416 e. The molecule has 0 saturated heterocycles. The summed E-state index contributed by atoms with van der Waals surface area (Å²) in [4.78, 5) is 16.2. The third-order valence-electron chi connectivity index (χ3n) is 3.60. The molecule has 0 fully saturated rings. The van der Waals surface area contributed by atoms with Crippen molar-refractivity contribution < 1.29 is 18.0 Å². The number of halogens is 5. The molecule has 2 aromatic heterocycles. The summed E-state index contributed by atoms with van der Waals surface area (Å²) in [6, 6.07) is 9.14. The third-order valence-corrected chi connectivity index (χ3v) is 4.11. The molecular weight excluding hydrogens is 404 g/mol. The zero-order valence-corrected chi connectivity index (χ0v) is 15.0. The first-order valence-corrected chi connectivity index (χ1v) is 8.31. The zero-order valence-electron chi connectivity index (χ0n) is 13.5. The Morgan fingerprint density at radius 3 is 2.44 bits per heavy atom. The van der Waals surface area contributed by atoms with Gasteiger partial charge in [0, 0.05) is 6.07 Å². The number of benzene rings is 1. The van der Waals surface area contributed by atoms with Crippen LogP contribution in [0.15, 0.2) is 48.7 Å². The lowest BCUT2D eigenvalue weighted by atomic mass is 10.1. The van der Waals surface area contributed by atoms with Gasteiger partial charge in [-0.05, 0) is 29.8 Å². The smallest absolute Gasteiger partial charge is 0.305 e. The molecule has 0 bridgehead atoms. The van der Waals surface area contributed by atoms with E-state index in [4.69, 9.17) is 23.2 Å². The summed E-state index contributed by atoms with van der Waals surface area (Å²) in [7, 11) is 0. The van der Waals surface area contributed by atoms with E-state index in [1.54, 1.807) is 6.07 Å². The Bertz CT molecular complexity index is 971. The van der Waals surface area contributed by atoms with Gasteiger partial charge in [0.05, 0.1) is 23.3 Å². The quantitative estimate of drug-likeness (QED) is 0.617. The van der Waals surface area contributed by atoms with Crippen LogP contribution >= 0.6 is 23.2 Å². The fourth-order valence-electron chi connectivity index (χ4n) is 2.29. The van der Waals surface area contributed by atoms with E-state index in [1.165, 1.54) is 35.1 Å². The number of rotatable bonds is 4. The largest absolute Gasteiger partial charge is 0.416 e. The lowest BCUT2D eigenvalue weighted by Gasteiger charge is -2.11. The van der Waals surface area contributed by atoms with Crippen molar-refractivity contribution in [2.75, 3.05) is 5.32 Å². The van der Waals surface area contributed by atoms with Gasteiger partial charge in [0.1, 0.15) is 16.7 Å². The molecule has 0 saturated carbocycles. The Hall–Kier alpha value is -2.58. The van der Waals surface area contributed by atoms with E-state index in [0.717, 1.165) is 12.1 Å². The second-order valence-corrected chi connectivity index (χ2v) is 6.28. The average Bonchev–Trinajstić information content (AvgIpc) is 3.03. The van der Waals surface area contributed by atoms with Gasteiger partial charge in [-0.15, -0.1) is 0 Å². The first kappa shape index (κ1) is 19.2. The van der Waals surface area contributed by atoms with Crippen molar-refractivity contribution in [2.45, 2.75) is 12.7 Å². The normalized spacial score (nSPS) is 11.4. The monoisotopic (exact) mass is 414 g/mol. The highest BCUT2D eigenvalue weighted by Gasteiger charge is 2.29. The van der Waals surface area contributed by atoms with Crippen molar-refractivity contribution in [3.8, 4) is 0 Å². The summed E-state index contributed by atoms with van der Waals surface area (Å²) in [5.41, 5.74) is -0.200. The van der Waals surface area contributed by atoms with Crippen molar-refractivity contribution in [2.24, 2.45) is 0 Å². The summed E-state index contributed by atoms with van der Waals surface area (Å²) >= 11 is 11.7. The molecule has 0 spiro atoms. The lowest BCUT2D eigenvalue weighted by molar-refractivity contribution is -0.137. The Labute approximate surface area is 161 Å². The van der Waals surface area contributed by atoms with E-state index >= 15 is 0 Å². The van der Waals surface area contributed by atoms with Crippen molar-refractivity contribution in [1.29, 1.82) is 0 Å². The number of anilines is 1. The molecule has 0 aliphatic rings. The molecule has 0 aliphatic carbocycles. The van der Waals surface area contributed by atoms with Crippen LogP contribution in [0.2, 0.25) is 10.2 Å². The maximum absolute atomic E-state index is 12.6. The van der Waals surface area contributed by atoms with Gasteiger partial charge in [-0.2, -0.15) is 18.3 Å². The van der Waals surface area contributed by atoms with Crippen LogP contribution in [-0.2, 0) is 12.7 Å². The topological polar surface area (TPSA) is 59.8 Å². The molecule has 2 heterocycles. The molecule has 0 aliphatic heterocycles. The molecule has 10 heteroatoms. The van der Waals surface area contributed by atoms with Crippen molar-refractivity contribution in [3.05, 3.63) is 75.7 Å². The van der Waals surface area contributed by atoms with Gasteiger partial charge in [0.15, 0.2) is 0 Å². The van der Waals surface area contributed by atoms with Crippen molar-refractivity contribution in [1.82, 2.24) is 14.8 Å². The van der Waals surface area contributed by atoms with Crippen LogP contribution in [0, 0.1) is 0 Å². The number of hydrogen-bond acceptors (Lipinski definition) is 3. The number of carbonyl (C=O) groups excluding carboxylic acids is 1. The van der Waals surface area contributed by atoms with E-state index in [9.17, 15) is 18.0 Å². The molecule has 1 aromatic carbocycles. The van der Waals surface area contributed by atoms with Gasteiger partial charge >= 0.3 is 6.18 Å². The highest BCUT2D eigenvalue weighted by atomic mass is 35.5. The maximum atomic E-state index is 12.6. The van der Waals surface area contributed by atoms with Crippen molar-refractivity contribution in [3.63, 3.8) is 0 Å². The first-order valence-electron chi connectivity index (χ1n) is 7.55. The highest BCUT2D eigenvalue weighted by Crippen LogP contribution is 2.29. The molecule has 140 valence electrons. The van der Waals surface area contributed by atoms with Crippen LogP contribution in [0.3, 0.4) is 0 Å². The van der Waals surface area contributed by atoms with E-state index in [2.05, 4.69) is 15.4 Å². The summed E-state index contributed by atoms with van der Waals surface area (Å²) in [6.45, 7) is 0.164. The molecule has 0 atom stereocenters. The number of nitrogens with zero attached hydrogens (tertiary/aromatic N) is 3. The third kappa shape index (κ3) is 4.58. The first-order chi connectivity index (χ1) is 12.7. The van der Waals surface area contributed by atoms with Crippen LogP contribution in [-0.4, -0.2) is 20.7 Å². The predicted molar refractivity (Wildman–Crippen MR) is 95.0 cm³/mol. The van der Waals surface area contributed by atoms with E-state index in [1.807, 2.05) is 0 Å². The molecular formula is C17H11Cl2F3N4O. The molecule has 0 unspecified atom stereocenters. The molecule has 3 aromatic rings. The van der Waals surface area contributed by atoms with Crippen molar-refractivity contribution >= 4 is 34.9 Å². The SMILES string of the molecule is O=C(Nc1ccnn1Cc1ccc(C(F)(F)F)cc1)c1nc(Cl)ccc1Cl. The Morgan fingerprint density at radius 2 is 1.78 bits per heavy atom. The summed E-state index contributed by atoms with van der Waals surface area (Å²) in [6.07, 6.45) is -2.95. The van der Waals surface area contributed by atoms with Gasteiger partial charge < -0.3 is 5.32 Å². The fourth-order valence-corrected chi connectivity index (χ4v) is 2.63. The highest BCUT2D eigenvalue weighted by molar-refractivity contribution is 6.35. The van der Waals surface area contributed by atoms with E-state index < -0.39 is 17.6 Å². The van der Waals surface area contributed by atoms with Gasteiger partial charge in [-0.25, -0.2) is 9.67 Å². The molecule has 5 nitrogen and oxygen atoms in total. The van der Waals surface area contributed by atoms with Crippen LogP contribution < -0.4 is 5.32 Å².